The predicted octanol–water partition coefficient (Wildman–Crippen LogP) is 1.45. The Morgan fingerprint density at radius 2 is 1.84 bits per heavy atom. The normalized spacial score (nSPS) is 14.1. The monoisotopic (exact) mass is 257 g/mol. The lowest BCUT2D eigenvalue weighted by molar-refractivity contribution is -0.101. The van der Waals surface area contributed by atoms with Crippen molar-refractivity contribution in [3.8, 4) is 0 Å². The smallest absolute Gasteiger partial charge is 0.282 e. The number of aromatic amines is 1. The summed E-state index contributed by atoms with van der Waals surface area (Å²) in [5.41, 5.74) is 2.39. The molecular formula is C13H11N3O3. The van der Waals surface area contributed by atoms with E-state index >= 15 is 0 Å². The van der Waals surface area contributed by atoms with Crippen molar-refractivity contribution >= 4 is 11.8 Å². The summed E-state index contributed by atoms with van der Waals surface area (Å²) in [5.74, 6) is -0.858. The van der Waals surface area contributed by atoms with Crippen molar-refractivity contribution in [3.05, 3.63) is 52.8 Å². The second kappa shape index (κ2) is 4.33. The topological polar surface area (TPSA) is 75.3 Å². The molecule has 1 aromatic heterocycles. The molecule has 1 N–H and O–H groups in total. The molecule has 0 spiro atoms. The highest BCUT2D eigenvalue weighted by Gasteiger charge is 2.36. The first-order valence-electron chi connectivity index (χ1n) is 5.78. The third kappa shape index (κ3) is 1.82. The van der Waals surface area contributed by atoms with E-state index in [9.17, 15) is 9.59 Å². The second-order valence-electron chi connectivity index (χ2n) is 4.24. The highest BCUT2D eigenvalue weighted by molar-refractivity contribution is 6.20. The molecular weight excluding hydrogens is 246 g/mol. The summed E-state index contributed by atoms with van der Waals surface area (Å²) in [5, 5.41) is 7.42. The molecule has 0 saturated heterocycles. The fourth-order valence-corrected chi connectivity index (χ4v) is 1.94. The Balaban J connectivity index is 1.79. The van der Waals surface area contributed by atoms with E-state index < -0.39 is 11.8 Å². The largest absolute Gasteiger partial charge is 0.285 e. The fourth-order valence-electron chi connectivity index (χ4n) is 1.94. The Morgan fingerprint density at radius 1 is 1.21 bits per heavy atom. The number of fused-ring (bicyclic) bond motifs is 1. The number of hydroxylamine groups is 2. The summed E-state index contributed by atoms with van der Waals surface area (Å²) in [6.45, 7) is 1.96. The molecule has 0 aliphatic carbocycles. The number of carbonyl (C=O) groups excluding carboxylic acids is 2. The van der Waals surface area contributed by atoms with E-state index in [0.29, 0.717) is 11.1 Å². The first-order valence-corrected chi connectivity index (χ1v) is 5.78. The van der Waals surface area contributed by atoms with Gasteiger partial charge in [0.05, 0.1) is 17.3 Å². The van der Waals surface area contributed by atoms with Crippen LogP contribution in [0.5, 0.6) is 0 Å². The average Bonchev–Trinajstić information content (AvgIpc) is 2.93. The lowest BCUT2D eigenvalue weighted by atomic mass is 10.1. The van der Waals surface area contributed by atoms with Gasteiger partial charge in [0.1, 0.15) is 6.61 Å². The minimum Gasteiger partial charge on any atom is -0.282 e. The number of imide groups is 1. The summed E-state index contributed by atoms with van der Waals surface area (Å²) < 4.78 is 0. The quantitative estimate of drug-likeness (QED) is 0.844. The number of benzene rings is 1. The molecule has 96 valence electrons. The summed E-state index contributed by atoms with van der Waals surface area (Å²) in [7, 11) is 0. The highest BCUT2D eigenvalue weighted by Crippen LogP contribution is 2.23. The molecule has 0 bridgehead atoms. The Hall–Kier alpha value is -2.47. The lowest BCUT2D eigenvalue weighted by Gasteiger charge is -2.12. The lowest BCUT2D eigenvalue weighted by Crippen LogP contribution is -2.29. The van der Waals surface area contributed by atoms with Gasteiger partial charge in [-0.15, -0.1) is 5.06 Å². The SMILES string of the molecule is Cc1[nH]ncc1CON1C(=O)c2ccccc2C1=O. The number of rotatable bonds is 3. The Morgan fingerprint density at radius 3 is 2.37 bits per heavy atom. The first-order chi connectivity index (χ1) is 9.18. The number of hydrogen-bond acceptors (Lipinski definition) is 4. The van der Waals surface area contributed by atoms with Gasteiger partial charge in [0, 0.05) is 11.3 Å². The summed E-state index contributed by atoms with van der Waals surface area (Å²) in [6, 6.07) is 6.66. The van der Waals surface area contributed by atoms with Crippen LogP contribution in [-0.4, -0.2) is 27.1 Å². The van der Waals surface area contributed by atoms with Crippen LogP contribution in [0.4, 0.5) is 0 Å². The van der Waals surface area contributed by atoms with Gasteiger partial charge < -0.3 is 0 Å². The van der Waals surface area contributed by atoms with Crippen LogP contribution in [0.15, 0.2) is 30.5 Å². The van der Waals surface area contributed by atoms with Crippen molar-refractivity contribution < 1.29 is 14.4 Å². The van der Waals surface area contributed by atoms with Gasteiger partial charge in [0.25, 0.3) is 11.8 Å². The van der Waals surface area contributed by atoms with Crippen molar-refractivity contribution in [2.45, 2.75) is 13.5 Å². The zero-order valence-electron chi connectivity index (χ0n) is 10.2. The van der Waals surface area contributed by atoms with Crippen molar-refractivity contribution in [1.82, 2.24) is 15.3 Å². The average molecular weight is 257 g/mol. The minimum absolute atomic E-state index is 0.119. The number of nitrogens with zero attached hydrogens (tertiary/aromatic N) is 2. The molecule has 2 heterocycles. The van der Waals surface area contributed by atoms with E-state index in [-0.39, 0.29) is 6.61 Å². The van der Waals surface area contributed by atoms with Crippen molar-refractivity contribution in [2.75, 3.05) is 0 Å². The number of hydrogen-bond donors (Lipinski definition) is 1. The predicted molar refractivity (Wildman–Crippen MR) is 65.1 cm³/mol. The van der Waals surface area contributed by atoms with Crippen LogP contribution in [0, 0.1) is 6.92 Å². The van der Waals surface area contributed by atoms with Gasteiger partial charge in [-0.3, -0.25) is 19.5 Å². The van der Waals surface area contributed by atoms with Gasteiger partial charge in [-0.25, -0.2) is 0 Å². The standard InChI is InChI=1S/C13H11N3O3/c1-8-9(6-14-15-8)7-19-16-12(17)10-4-2-3-5-11(10)13(16)18/h2-6H,7H2,1H3,(H,14,15). The van der Waals surface area contributed by atoms with Gasteiger partial charge in [-0.1, -0.05) is 12.1 Å². The number of nitrogens with one attached hydrogen (secondary N) is 1. The van der Waals surface area contributed by atoms with Crippen LogP contribution >= 0.6 is 0 Å². The van der Waals surface area contributed by atoms with Crippen LogP contribution in [0.3, 0.4) is 0 Å². The van der Waals surface area contributed by atoms with Gasteiger partial charge in [0.15, 0.2) is 0 Å². The molecule has 6 heteroatoms. The molecule has 6 nitrogen and oxygen atoms in total. The van der Waals surface area contributed by atoms with Crippen molar-refractivity contribution in [1.29, 1.82) is 0 Å². The van der Waals surface area contributed by atoms with Crippen LogP contribution in [0.25, 0.3) is 0 Å². The Labute approximate surface area is 108 Å². The van der Waals surface area contributed by atoms with Crippen molar-refractivity contribution in [2.24, 2.45) is 0 Å². The maximum Gasteiger partial charge on any atom is 0.285 e. The first kappa shape index (κ1) is 11.6. The molecule has 1 aliphatic heterocycles. The van der Waals surface area contributed by atoms with Gasteiger partial charge in [0.2, 0.25) is 0 Å². The third-order valence-electron chi connectivity index (χ3n) is 3.04. The van der Waals surface area contributed by atoms with E-state index in [1.54, 1.807) is 30.5 Å². The molecule has 0 radical (unpaired) electrons. The Kier molecular flexibility index (Phi) is 2.64. The van der Waals surface area contributed by atoms with E-state index in [4.69, 9.17) is 4.84 Å². The number of H-pyrrole nitrogens is 1. The molecule has 2 aromatic rings. The molecule has 19 heavy (non-hydrogen) atoms. The van der Waals surface area contributed by atoms with Crippen LogP contribution < -0.4 is 0 Å². The van der Waals surface area contributed by atoms with Crippen LogP contribution in [0.2, 0.25) is 0 Å². The zero-order valence-corrected chi connectivity index (χ0v) is 10.2. The van der Waals surface area contributed by atoms with Crippen LogP contribution in [-0.2, 0) is 11.4 Å². The summed E-state index contributed by atoms with van der Waals surface area (Å²) >= 11 is 0. The summed E-state index contributed by atoms with van der Waals surface area (Å²) in [6.07, 6.45) is 1.60. The minimum atomic E-state index is -0.429. The molecule has 0 saturated carbocycles. The second-order valence-corrected chi connectivity index (χ2v) is 4.24. The third-order valence-corrected chi connectivity index (χ3v) is 3.04. The van der Waals surface area contributed by atoms with E-state index in [2.05, 4.69) is 10.2 Å². The maximum atomic E-state index is 12.0. The molecule has 1 aromatic carbocycles. The Bertz CT molecular complexity index is 628. The molecule has 0 fully saturated rings. The number of aromatic nitrogens is 2. The number of amides is 2. The molecule has 2 amide bonds. The van der Waals surface area contributed by atoms with E-state index in [1.165, 1.54) is 0 Å². The molecule has 3 rings (SSSR count). The zero-order chi connectivity index (χ0) is 13.4. The van der Waals surface area contributed by atoms with Crippen LogP contribution in [0.1, 0.15) is 32.0 Å². The van der Waals surface area contributed by atoms with E-state index in [0.717, 1.165) is 16.3 Å². The highest BCUT2D eigenvalue weighted by atomic mass is 16.7. The molecule has 0 unspecified atom stereocenters. The van der Waals surface area contributed by atoms with E-state index in [1.807, 2.05) is 6.92 Å². The molecule has 0 atom stereocenters. The maximum absolute atomic E-state index is 12.0. The van der Waals surface area contributed by atoms with Crippen molar-refractivity contribution in [3.63, 3.8) is 0 Å². The molecule has 1 aliphatic rings. The fraction of sp³-hybridized carbons (Fsp3) is 0.154. The number of carbonyl (C=O) groups is 2. The summed E-state index contributed by atoms with van der Waals surface area (Å²) in [4.78, 5) is 29.3. The van der Waals surface area contributed by atoms with Gasteiger partial charge in [-0.05, 0) is 19.1 Å². The van der Waals surface area contributed by atoms with Gasteiger partial charge in [-0.2, -0.15) is 5.10 Å². The van der Waals surface area contributed by atoms with Gasteiger partial charge >= 0.3 is 0 Å². The number of aryl methyl sites for hydroxylation is 1.